The predicted molar refractivity (Wildman–Crippen MR) is 100 cm³/mol. The molecular formula is C20H26N2O. The molecule has 2 rings (SSSR count). The fourth-order valence-corrected chi connectivity index (χ4v) is 1.83. The highest BCUT2D eigenvalue weighted by Crippen LogP contribution is 2.22. The Hall–Kier alpha value is -2.57. The molecule has 122 valence electrons. The van der Waals surface area contributed by atoms with Gasteiger partial charge in [0.05, 0.1) is 5.69 Å². The van der Waals surface area contributed by atoms with Crippen molar-refractivity contribution >= 4 is 12.0 Å². The molecule has 0 radical (unpaired) electrons. The normalized spacial score (nSPS) is 14.9. The van der Waals surface area contributed by atoms with E-state index in [1.807, 2.05) is 32.1 Å². The molecule has 1 aromatic rings. The van der Waals surface area contributed by atoms with Gasteiger partial charge >= 0.3 is 0 Å². The summed E-state index contributed by atoms with van der Waals surface area (Å²) in [6.45, 7) is 12.1. The van der Waals surface area contributed by atoms with Gasteiger partial charge in [-0.25, -0.2) is 0 Å². The zero-order valence-corrected chi connectivity index (χ0v) is 14.3. The molecule has 2 N–H and O–H groups in total. The minimum absolute atomic E-state index is 0.139. The van der Waals surface area contributed by atoms with Gasteiger partial charge < -0.3 is 15.4 Å². The molecule has 1 aromatic carbocycles. The van der Waals surface area contributed by atoms with Crippen LogP contribution in [0.4, 0.5) is 5.69 Å². The van der Waals surface area contributed by atoms with Crippen LogP contribution < -0.4 is 10.6 Å². The third-order valence-electron chi connectivity index (χ3n) is 2.93. The van der Waals surface area contributed by atoms with Gasteiger partial charge in [0, 0.05) is 31.3 Å². The van der Waals surface area contributed by atoms with Crippen molar-refractivity contribution in [1.29, 1.82) is 0 Å². The lowest BCUT2D eigenvalue weighted by molar-refractivity contribution is -0.106. The molecule has 1 aliphatic rings. The van der Waals surface area contributed by atoms with Crippen molar-refractivity contribution in [1.82, 2.24) is 0 Å². The third-order valence-corrected chi connectivity index (χ3v) is 2.93. The summed E-state index contributed by atoms with van der Waals surface area (Å²) in [5.41, 5.74) is 9.24. The van der Waals surface area contributed by atoms with Crippen molar-refractivity contribution in [3.63, 3.8) is 0 Å². The van der Waals surface area contributed by atoms with Crippen LogP contribution in [0.2, 0.25) is 0 Å². The van der Waals surface area contributed by atoms with Gasteiger partial charge in [-0.1, -0.05) is 42.7 Å². The molecular weight excluding hydrogens is 284 g/mol. The number of nitrogens with two attached hydrogens (primary N) is 1. The van der Waals surface area contributed by atoms with E-state index in [0.29, 0.717) is 6.29 Å². The van der Waals surface area contributed by atoms with E-state index >= 15 is 0 Å². The average Bonchev–Trinajstić information content (AvgIpc) is 2.57. The number of benzene rings is 1. The zero-order chi connectivity index (χ0) is 17.7. The first kappa shape index (κ1) is 20.4. The minimum atomic E-state index is 0.139. The molecule has 0 aromatic heterocycles. The SMILES string of the molecule is C=C/C1=C(\C)C#Cc2ccccc2N(C)C1.C=CC.NCC=O. The van der Waals surface area contributed by atoms with Crippen LogP contribution in [0.3, 0.4) is 0 Å². The molecule has 1 heterocycles. The number of allylic oxidation sites excluding steroid dienone is 2. The number of hydrogen-bond donors (Lipinski definition) is 1. The number of rotatable bonds is 2. The van der Waals surface area contributed by atoms with Gasteiger partial charge in [-0.05, 0) is 31.6 Å². The maximum atomic E-state index is 9.05. The number of nitrogens with zero attached hydrogens (tertiary/aromatic N) is 1. The number of para-hydroxylation sites is 1. The Kier molecular flexibility index (Phi) is 10.7. The first-order valence-corrected chi connectivity index (χ1v) is 7.40. The number of hydrogen-bond acceptors (Lipinski definition) is 3. The first-order chi connectivity index (χ1) is 11.0. The Morgan fingerprint density at radius 3 is 2.39 bits per heavy atom. The lowest BCUT2D eigenvalue weighted by atomic mass is 10.0. The van der Waals surface area contributed by atoms with E-state index in [-0.39, 0.29) is 6.54 Å². The Balaban J connectivity index is 0.000000591. The number of aldehydes is 1. The van der Waals surface area contributed by atoms with Crippen LogP contribution in [0.25, 0.3) is 0 Å². The highest BCUT2D eigenvalue weighted by Gasteiger charge is 2.09. The molecule has 3 nitrogen and oxygen atoms in total. The number of carbonyl (C=O) groups excluding carboxylic acids is 1. The lowest BCUT2D eigenvalue weighted by Gasteiger charge is -2.23. The fraction of sp³-hybridized carbons (Fsp3) is 0.250. The maximum absolute atomic E-state index is 9.05. The minimum Gasteiger partial charge on any atom is -0.369 e. The Morgan fingerprint density at radius 1 is 1.30 bits per heavy atom. The summed E-state index contributed by atoms with van der Waals surface area (Å²) in [4.78, 5) is 11.3. The quantitative estimate of drug-likeness (QED) is 0.518. The molecule has 1 aliphatic heterocycles. The predicted octanol–water partition coefficient (Wildman–Crippen LogP) is 3.33. The molecule has 0 bridgehead atoms. The summed E-state index contributed by atoms with van der Waals surface area (Å²) in [6, 6.07) is 8.23. The van der Waals surface area contributed by atoms with Crippen molar-refractivity contribution in [2.75, 3.05) is 25.0 Å². The standard InChI is InChI=1S/C15H15N.C3H6.C2H5NO/c1-4-13-11-16(3)15-8-6-5-7-14(15)10-9-12(13)2;1-3-2;3-1-2-4/h4-8H,1,11H2,2-3H3;3H,1H2,2H3;2H,1,3H2/b13-12-;;. The molecule has 0 spiro atoms. The van der Waals surface area contributed by atoms with Crippen LogP contribution in [0.5, 0.6) is 0 Å². The van der Waals surface area contributed by atoms with Crippen LogP contribution in [-0.2, 0) is 4.79 Å². The Labute approximate surface area is 140 Å². The molecule has 3 heteroatoms. The van der Waals surface area contributed by atoms with E-state index in [1.54, 1.807) is 6.08 Å². The van der Waals surface area contributed by atoms with Gasteiger partial charge in [0.1, 0.15) is 6.29 Å². The van der Waals surface area contributed by atoms with E-state index in [2.05, 4.69) is 54.8 Å². The largest absolute Gasteiger partial charge is 0.369 e. The second-order valence-corrected chi connectivity index (χ2v) is 4.79. The lowest BCUT2D eigenvalue weighted by Crippen LogP contribution is -2.21. The van der Waals surface area contributed by atoms with E-state index in [4.69, 9.17) is 4.79 Å². The summed E-state index contributed by atoms with van der Waals surface area (Å²) in [5.74, 6) is 6.41. The summed E-state index contributed by atoms with van der Waals surface area (Å²) in [5, 5.41) is 0. The van der Waals surface area contributed by atoms with Crippen LogP contribution >= 0.6 is 0 Å². The van der Waals surface area contributed by atoms with Gasteiger partial charge in [-0.3, -0.25) is 0 Å². The van der Waals surface area contributed by atoms with Crippen molar-refractivity contribution in [2.24, 2.45) is 5.73 Å². The third kappa shape index (κ3) is 7.30. The van der Waals surface area contributed by atoms with Gasteiger partial charge in [0.2, 0.25) is 0 Å². The Bertz CT molecular complexity index is 618. The van der Waals surface area contributed by atoms with Crippen molar-refractivity contribution < 1.29 is 4.79 Å². The first-order valence-electron chi connectivity index (χ1n) is 7.40. The van der Waals surface area contributed by atoms with Crippen molar-refractivity contribution in [3.05, 3.63) is 66.3 Å². The average molecular weight is 310 g/mol. The van der Waals surface area contributed by atoms with Gasteiger partial charge in [0.15, 0.2) is 0 Å². The van der Waals surface area contributed by atoms with Crippen LogP contribution in [0, 0.1) is 11.8 Å². The van der Waals surface area contributed by atoms with E-state index in [1.165, 1.54) is 11.3 Å². The topological polar surface area (TPSA) is 46.3 Å². The second-order valence-electron chi connectivity index (χ2n) is 4.79. The smallest absolute Gasteiger partial charge is 0.133 e. The molecule has 23 heavy (non-hydrogen) atoms. The molecule has 0 aliphatic carbocycles. The van der Waals surface area contributed by atoms with Crippen molar-refractivity contribution in [3.8, 4) is 11.8 Å². The van der Waals surface area contributed by atoms with Gasteiger partial charge in [-0.2, -0.15) is 0 Å². The molecule has 0 fully saturated rings. The number of anilines is 1. The van der Waals surface area contributed by atoms with Crippen LogP contribution in [0.1, 0.15) is 19.4 Å². The van der Waals surface area contributed by atoms with E-state index in [0.717, 1.165) is 17.7 Å². The summed E-state index contributed by atoms with van der Waals surface area (Å²) in [6.07, 6.45) is 4.30. The molecule has 0 unspecified atom stereocenters. The van der Waals surface area contributed by atoms with Crippen molar-refractivity contribution in [2.45, 2.75) is 13.8 Å². The number of fused-ring (bicyclic) bond motifs is 1. The highest BCUT2D eigenvalue weighted by atomic mass is 16.1. The molecule has 0 amide bonds. The zero-order valence-electron chi connectivity index (χ0n) is 14.3. The Morgan fingerprint density at radius 2 is 1.87 bits per heavy atom. The monoisotopic (exact) mass is 310 g/mol. The summed E-state index contributed by atoms with van der Waals surface area (Å²) in [7, 11) is 2.09. The highest BCUT2D eigenvalue weighted by molar-refractivity contribution is 5.64. The van der Waals surface area contributed by atoms with Crippen LogP contribution in [0.15, 0.2) is 60.7 Å². The molecule has 0 saturated heterocycles. The van der Waals surface area contributed by atoms with Gasteiger partial charge in [-0.15, -0.1) is 6.58 Å². The molecule has 0 saturated carbocycles. The number of carbonyl (C=O) groups is 1. The summed E-state index contributed by atoms with van der Waals surface area (Å²) < 4.78 is 0. The fourth-order valence-electron chi connectivity index (χ4n) is 1.83. The number of likely N-dealkylation sites (N-methyl/N-ethyl adjacent to an activating group) is 1. The van der Waals surface area contributed by atoms with E-state index in [9.17, 15) is 0 Å². The van der Waals surface area contributed by atoms with E-state index < -0.39 is 0 Å². The summed E-state index contributed by atoms with van der Waals surface area (Å²) >= 11 is 0. The van der Waals surface area contributed by atoms with Gasteiger partial charge in [0.25, 0.3) is 0 Å². The maximum Gasteiger partial charge on any atom is 0.133 e. The van der Waals surface area contributed by atoms with Crippen LogP contribution in [-0.4, -0.2) is 26.4 Å². The molecule has 0 atom stereocenters. The second kappa shape index (κ2) is 12.0.